The molecule has 3 rings (SSSR count). The predicted molar refractivity (Wildman–Crippen MR) is 97.7 cm³/mol. The third-order valence-electron chi connectivity index (χ3n) is 5.00. The van der Waals surface area contributed by atoms with Crippen molar-refractivity contribution in [3.8, 4) is 0 Å². The van der Waals surface area contributed by atoms with Crippen LogP contribution in [0, 0.1) is 0 Å². The summed E-state index contributed by atoms with van der Waals surface area (Å²) in [6.07, 6.45) is 2.30. The average Bonchev–Trinajstić information content (AvgIpc) is 3.19. The van der Waals surface area contributed by atoms with Crippen molar-refractivity contribution in [2.75, 3.05) is 57.4 Å². The number of rotatable bonds is 7. The summed E-state index contributed by atoms with van der Waals surface area (Å²) >= 11 is 0. The molecule has 0 aliphatic carbocycles. The lowest BCUT2D eigenvalue weighted by atomic mass is 10.1. The second kappa shape index (κ2) is 9.17. The Morgan fingerprint density at radius 3 is 2.48 bits per heavy atom. The summed E-state index contributed by atoms with van der Waals surface area (Å²) in [4.78, 5) is 16.5. The van der Waals surface area contributed by atoms with Crippen LogP contribution in [0.1, 0.15) is 30.9 Å². The number of ether oxygens (including phenoxy) is 1. The first-order valence-corrected chi connectivity index (χ1v) is 9.32. The molecule has 2 heterocycles. The number of morpholine rings is 1. The molecule has 1 aromatic carbocycles. The topological polar surface area (TPSA) is 65.0 Å². The fourth-order valence-corrected chi connectivity index (χ4v) is 3.41. The highest BCUT2D eigenvalue weighted by Gasteiger charge is 2.15. The number of nitrogens with zero attached hydrogens (tertiary/aromatic N) is 2. The smallest absolute Gasteiger partial charge is 0.221 e. The van der Waals surface area contributed by atoms with E-state index < -0.39 is 6.10 Å². The number of anilines is 1. The SMILES string of the molecule is O=C(CCN1CCCC1)NCC(O)c1ccc(N2CCOCC2)cc1. The molecule has 0 radical (unpaired) electrons. The van der Waals surface area contributed by atoms with Gasteiger partial charge in [0.05, 0.1) is 19.3 Å². The highest BCUT2D eigenvalue weighted by atomic mass is 16.5. The van der Waals surface area contributed by atoms with Crippen LogP contribution in [0.15, 0.2) is 24.3 Å². The molecule has 2 N–H and O–H groups in total. The fraction of sp³-hybridized carbons (Fsp3) is 0.632. The normalized spacial score (nSPS) is 19.8. The Morgan fingerprint density at radius 2 is 1.80 bits per heavy atom. The van der Waals surface area contributed by atoms with E-state index in [0.717, 1.165) is 57.2 Å². The second-order valence-electron chi connectivity index (χ2n) is 6.81. The number of carbonyl (C=O) groups is 1. The lowest BCUT2D eigenvalue weighted by Gasteiger charge is -2.29. The van der Waals surface area contributed by atoms with Crippen LogP contribution in [-0.4, -0.2) is 68.4 Å². The zero-order valence-electron chi connectivity index (χ0n) is 14.8. The summed E-state index contributed by atoms with van der Waals surface area (Å²) in [6.45, 7) is 6.59. The lowest BCUT2D eigenvalue weighted by Crippen LogP contribution is -2.36. The van der Waals surface area contributed by atoms with Gasteiger partial charge in [-0.25, -0.2) is 0 Å². The fourth-order valence-electron chi connectivity index (χ4n) is 3.41. The van der Waals surface area contributed by atoms with E-state index in [9.17, 15) is 9.90 Å². The molecular weight excluding hydrogens is 318 g/mol. The van der Waals surface area contributed by atoms with E-state index in [1.54, 1.807) is 0 Å². The molecule has 2 fully saturated rings. The number of benzene rings is 1. The van der Waals surface area contributed by atoms with Gasteiger partial charge in [-0.05, 0) is 43.6 Å². The highest BCUT2D eigenvalue weighted by Crippen LogP contribution is 2.20. The minimum absolute atomic E-state index is 0.0101. The summed E-state index contributed by atoms with van der Waals surface area (Å²) in [5.41, 5.74) is 1.98. The van der Waals surface area contributed by atoms with Crippen LogP contribution in [0.4, 0.5) is 5.69 Å². The van der Waals surface area contributed by atoms with Crippen LogP contribution in [0.2, 0.25) is 0 Å². The zero-order valence-corrected chi connectivity index (χ0v) is 14.8. The van der Waals surface area contributed by atoms with Gasteiger partial charge in [0.15, 0.2) is 0 Å². The Kier molecular flexibility index (Phi) is 6.67. The van der Waals surface area contributed by atoms with Gasteiger partial charge in [0.1, 0.15) is 0 Å². The predicted octanol–water partition coefficient (Wildman–Crippen LogP) is 1.16. The van der Waals surface area contributed by atoms with Gasteiger partial charge < -0.3 is 25.0 Å². The summed E-state index contributed by atoms with van der Waals surface area (Å²) in [5, 5.41) is 13.1. The maximum Gasteiger partial charge on any atom is 0.221 e. The molecule has 0 bridgehead atoms. The minimum atomic E-state index is -0.672. The molecule has 6 nitrogen and oxygen atoms in total. The van der Waals surface area contributed by atoms with Crippen molar-refractivity contribution in [2.24, 2.45) is 0 Å². The monoisotopic (exact) mass is 347 g/mol. The Balaban J connectivity index is 1.41. The van der Waals surface area contributed by atoms with Gasteiger partial charge in [-0.3, -0.25) is 4.79 Å². The molecule has 2 aliphatic rings. The molecular formula is C19H29N3O3. The summed E-state index contributed by atoms with van der Waals surface area (Å²) in [7, 11) is 0. The van der Waals surface area contributed by atoms with E-state index >= 15 is 0 Å². The van der Waals surface area contributed by atoms with Crippen LogP contribution in [0.25, 0.3) is 0 Å². The van der Waals surface area contributed by atoms with E-state index in [1.807, 2.05) is 24.3 Å². The van der Waals surface area contributed by atoms with Gasteiger partial charge in [-0.15, -0.1) is 0 Å². The van der Waals surface area contributed by atoms with Gasteiger partial charge in [0.2, 0.25) is 5.91 Å². The summed E-state index contributed by atoms with van der Waals surface area (Å²) in [6, 6.07) is 7.93. The number of aliphatic hydroxyl groups is 1. The molecule has 1 unspecified atom stereocenters. The van der Waals surface area contributed by atoms with Crippen LogP contribution in [-0.2, 0) is 9.53 Å². The third-order valence-corrected chi connectivity index (χ3v) is 5.00. The number of amides is 1. The Morgan fingerprint density at radius 1 is 1.12 bits per heavy atom. The van der Waals surface area contributed by atoms with E-state index in [1.165, 1.54) is 12.8 Å². The first kappa shape index (κ1) is 18.2. The van der Waals surface area contributed by atoms with Crippen LogP contribution in [0.5, 0.6) is 0 Å². The van der Waals surface area contributed by atoms with E-state index in [4.69, 9.17) is 4.74 Å². The Labute approximate surface area is 149 Å². The number of hydrogen-bond donors (Lipinski definition) is 2. The molecule has 6 heteroatoms. The van der Waals surface area contributed by atoms with Crippen molar-refractivity contribution >= 4 is 11.6 Å². The maximum atomic E-state index is 11.9. The van der Waals surface area contributed by atoms with E-state index in [2.05, 4.69) is 15.1 Å². The summed E-state index contributed by atoms with van der Waals surface area (Å²) in [5.74, 6) is 0.0101. The van der Waals surface area contributed by atoms with E-state index in [-0.39, 0.29) is 12.5 Å². The van der Waals surface area contributed by atoms with Crippen molar-refractivity contribution < 1.29 is 14.6 Å². The van der Waals surface area contributed by atoms with Gasteiger partial charge in [-0.1, -0.05) is 12.1 Å². The van der Waals surface area contributed by atoms with Crippen molar-refractivity contribution in [1.82, 2.24) is 10.2 Å². The quantitative estimate of drug-likeness (QED) is 0.775. The van der Waals surface area contributed by atoms with Crippen molar-refractivity contribution in [2.45, 2.75) is 25.4 Å². The van der Waals surface area contributed by atoms with Gasteiger partial charge >= 0.3 is 0 Å². The van der Waals surface area contributed by atoms with Crippen LogP contribution >= 0.6 is 0 Å². The van der Waals surface area contributed by atoms with Gasteiger partial charge in [-0.2, -0.15) is 0 Å². The third kappa shape index (κ3) is 5.42. The molecule has 1 amide bonds. The Hall–Kier alpha value is -1.63. The average molecular weight is 347 g/mol. The number of nitrogens with one attached hydrogen (secondary N) is 1. The number of aliphatic hydroxyl groups excluding tert-OH is 1. The number of carbonyl (C=O) groups excluding carboxylic acids is 1. The van der Waals surface area contributed by atoms with Crippen molar-refractivity contribution in [1.29, 1.82) is 0 Å². The molecule has 1 aromatic rings. The largest absolute Gasteiger partial charge is 0.387 e. The Bertz CT molecular complexity index is 537. The number of likely N-dealkylation sites (tertiary alicyclic amines) is 1. The van der Waals surface area contributed by atoms with E-state index in [0.29, 0.717) is 6.42 Å². The molecule has 0 spiro atoms. The van der Waals surface area contributed by atoms with Crippen molar-refractivity contribution in [3.63, 3.8) is 0 Å². The maximum absolute atomic E-state index is 11.9. The zero-order chi connectivity index (χ0) is 17.5. The van der Waals surface area contributed by atoms with Gasteiger partial charge in [0, 0.05) is 38.3 Å². The molecule has 2 aliphatic heterocycles. The molecule has 138 valence electrons. The van der Waals surface area contributed by atoms with Gasteiger partial charge in [0.25, 0.3) is 0 Å². The standard InChI is InChI=1S/C19H29N3O3/c23-18(15-20-19(24)7-10-21-8-1-2-9-21)16-3-5-17(6-4-16)22-11-13-25-14-12-22/h3-6,18,23H,1-2,7-15H2,(H,20,24). The highest BCUT2D eigenvalue weighted by molar-refractivity contribution is 5.76. The number of hydrogen-bond acceptors (Lipinski definition) is 5. The van der Waals surface area contributed by atoms with Crippen molar-refractivity contribution in [3.05, 3.63) is 29.8 Å². The van der Waals surface area contributed by atoms with Crippen LogP contribution in [0.3, 0.4) is 0 Å². The molecule has 0 aromatic heterocycles. The second-order valence-corrected chi connectivity index (χ2v) is 6.81. The summed E-state index contributed by atoms with van der Waals surface area (Å²) < 4.78 is 5.36. The first-order chi connectivity index (χ1) is 12.2. The molecule has 1 atom stereocenters. The molecule has 0 saturated carbocycles. The molecule has 2 saturated heterocycles. The lowest BCUT2D eigenvalue weighted by molar-refractivity contribution is -0.121. The minimum Gasteiger partial charge on any atom is -0.387 e. The first-order valence-electron chi connectivity index (χ1n) is 9.32. The van der Waals surface area contributed by atoms with Crippen LogP contribution < -0.4 is 10.2 Å². The molecule has 25 heavy (non-hydrogen) atoms.